The van der Waals surface area contributed by atoms with Crippen LogP contribution < -0.4 is 0 Å². The molecule has 22 heavy (non-hydrogen) atoms. The lowest BCUT2D eigenvalue weighted by Crippen LogP contribution is -2.08. The van der Waals surface area contributed by atoms with Crippen LogP contribution in [0, 0.1) is 10.1 Å². The Labute approximate surface area is 130 Å². The average Bonchev–Trinajstić information content (AvgIpc) is 2.46. The molecule has 1 heterocycles. The number of hydrogen-bond donors (Lipinski definition) is 0. The molecule has 0 aliphatic carbocycles. The molecule has 0 saturated carbocycles. The Balaban J connectivity index is 3.39. The molecule has 0 aliphatic rings. The van der Waals surface area contributed by atoms with Gasteiger partial charge in [0.2, 0.25) is 0 Å². The average molecular weight is 329 g/mol. The van der Waals surface area contributed by atoms with Crippen LogP contribution in [0.1, 0.15) is 29.9 Å². The zero-order valence-corrected chi connectivity index (χ0v) is 12.8. The molecule has 1 rings (SSSR count). The number of rotatable bonds is 5. The fraction of sp³-hybridized carbons (Fsp3) is 0.308. The van der Waals surface area contributed by atoms with Crippen molar-refractivity contribution in [3.8, 4) is 0 Å². The topological polar surface area (TPSA) is 109 Å². The second-order valence-electron chi connectivity index (χ2n) is 4.03. The number of carbonyl (C=O) groups is 2. The van der Waals surface area contributed by atoms with Gasteiger partial charge in [0.1, 0.15) is 16.4 Å². The molecule has 118 valence electrons. The molecule has 0 unspecified atom stereocenters. The molecule has 1 aromatic rings. The van der Waals surface area contributed by atoms with E-state index in [2.05, 4.69) is 9.72 Å². The molecule has 0 atom stereocenters. The molecular formula is C13H13ClN2O6. The van der Waals surface area contributed by atoms with E-state index in [1.165, 1.54) is 13.0 Å². The largest absolute Gasteiger partial charge is 0.465 e. The van der Waals surface area contributed by atoms with Crippen LogP contribution in [0.5, 0.6) is 0 Å². The van der Waals surface area contributed by atoms with Gasteiger partial charge >= 0.3 is 11.9 Å². The second-order valence-corrected chi connectivity index (χ2v) is 4.39. The van der Waals surface area contributed by atoms with E-state index >= 15 is 0 Å². The molecule has 1 aromatic heterocycles. The van der Waals surface area contributed by atoms with Gasteiger partial charge in [-0.3, -0.25) is 10.1 Å². The summed E-state index contributed by atoms with van der Waals surface area (Å²) in [6.07, 6.45) is 1.17. The molecule has 0 N–H and O–H groups in total. The fourth-order valence-corrected chi connectivity index (χ4v) is 1.73. The summed E-state index contributed by atoms with van der Waals surface area (Å²) in [6.45, 7) is 3.22. The van der Waals surface area contributed by atoms with Gasteiger partial charge in [-0.15, -0.1) is 0 Å². The Morgan fingerprint density at radius 3 is 2.64 bits per heavy atom. The molecule has 8 nitrogen and oxygen atoms in total. The van der Waals surface area contributed by atoms with E-state index in [9.17, 15) is 19.7 Å². The monoisotopic (exact) mass is 328 g/mol. The first-order valence-electron chi connectivity index (χ1n) is 6.10. The zero-order valence-electron chi connectivity index (χ0n) is 12.1. The summed E-state index contributed by atoms with van der Waals surface area (Å²) in [6, 6.07) is 0.950. The van der Waals surface area contributed by atoms with E-state index in [1.54, 1.807) is 6.92 Å². The first kappa shape index (κ1) is 17.6. The smallest absolute Gasteiger partial charge is 0.341 e. The summed E-state index contributed by atoms with van der Waals surface area (Å²) >= 11 is 5.82. The van der Waals surface area contributed by atoms with Gasteiger partial charge in [-0.2, -0.15) is 0 Å². The van der Waals surface area contributed by atoms with Gasteiger partial charge in [-0.1, -0.05) is 11.6 Å². The molecule has 0 aliphatic heterocycles. The van der Waals surface area contributed by atoms with Gasteiger partial charge in [0.05, 0.1) is 18.6 Å². The lowest BCUT2D eigenvalue weighted by Gasteiger charge is -2.05. The summed E-state index contributed by atoms with van der Waals surface area (Å²) in [5, 5.41) is 10.8. The van der Waals surface area contributed by atoms with E-state index < -0.39 is 22.5 Å². The molecule has 0 spiro atoms. The maximum atomic E-state index is 11.5. The third-order valence-electron chi connectivity index (χ3n) is 2.54. The van der Waals surface area contributed by atoms with Crippen LogP contribution in [-0.2, 0) is 14.3 Å². The van der Waals surface area contributed by atoms with Crippen molar-refractivity contribution in [3.05, 3.63) is 38.2 Å². The van der Waals surface area contributed by atoms with Crippen LogP contribution in [0.15, 0.2) is 11.6 Å². The molecule has 0 aromatic carbocycles. The van der Waals surface area contributed by atoms with Crippen LogP contribution in [0.4, 0.5) is 5.69 Å². The number of ether oxygens (including phenoxy) is 2. The number of pyridine rings is 1. The summed E-state index contributed by atoms with van der Waals surface area (Å²) in [5.41, 5.74) is -0.761. The lowest BCUT2D eigenvalue weighted by molar-refractivity contribution is -0.385. The molecule has 9 heteroatoms. The van der Waals surface area contributed by atoms with Crippen molar-refractivity contribution in [2.45, 2.75) is 13.8 Å². The minimum Gasteiger partial charge on any atom is -0.465 e. The SMILES string of the molecule is CCOC(=O)C(C)=Cc1nc(Cl)c(C(=O)OC)cc1[N+](=O)[O-]. The Morgan fingerprint density at radius 2 is 2.14 bits per heavy atom. The van der Waals surface area contributed by atoms with E-state index in [0.717, 1.165) is 13.2 Å². The van der Waals surface area contributed by atoms with Gasteiger partial charge in [0.25, 0.3) is 5.69 Å². The van der Waals surface area contributed by atoms with Gasteiger partial charge in [-0.25, -0.2) is 14.6 Å². The molecule has 0 saturated heterocycles. The summed E-state index contributed by atoms with van der Waals surface area (Å²) in [4.78, 5) is 37.2. The predicted molar refractivity (Wildman–Crippen MR) is 77.5 cm³/mol. The molecule has 0 fully saturated rings. The lowest BCUT2D eigenvalue weighted by atomic mass is 10.1. The number of nitrogens with zero attached hydrogens (tertiary/aromatic N) is 2. The van der Waals surface area contributed by atoms with Crippen molar-refractivity contribution >= 4 is 35.3 Å². The normalized spacial score (nSPS) is 11.0. The fourth-order valence-electron chi connectivity index (χ4n) is 1.51. The third kappa shape index (κ3) is 4.01. The highest BCUT2D eigenvalue weighted by molar-refractivity contribution is 6.32. The maximum Gasteiger partial charge on any atom is 0.341 e. The maximum absolute atomic E-state index is 11.5. The number of halogens is 1. The number of hydrogen-bond acceptors (Lipinski definition) is 7. The number of methoxy groups -OCH3 is 1. The van der Waals surface area contributed by atoms with Crippen LogP contribution in [0.2, 0.25) is 5.15 Å². The minimum atomic E-state index is -0.849. The van der Waals surface area contributed by atoms with Crippen molar-refractivity contribution in [2.75, 3.05) is 13.7 Å². The first-order chi connectivity index (χ1) is 10.3. The zero-order chi connectivity index (χ0) is 16.9. The van der Waals surface area contributed by atoms with E-state index in [1.807, 2.05) is 0 Å². The number of nitro groups is 1. The highest BCUT2D eigenvalue weighted by Gasteiger charge is 2.23. The van der Waals surface area contributed by atoms with Crippen molar-refractivity contribution < 1.29 is 24.0 Å². The van der Waals surface area contributed by atoms with Gasteiger partial charge in [0.15, 0.2) is 0 Å². The Bertz CT molecular complexity index is 656. The Kier molecular flexibility index (Phi) is 6.00. The van der Waals surface area contributed by atoms with Gasteiger partial charge in [-0.05, 0) is 19.9 Å². The molecule has 0 bridgehead atoms. The summed E-state index contributed by atoms with van der Waals surface area (Å²) < 4.78 is 9.24. The third-order valence-corrected chi connectivity index (χ3v) is 2.83. The van der Waals surface area contributed by atoms with Crippen molar-refractivity contribution in [1.29, 1.82) is 0 Å². The van der Waals surface area contributed by atoms with E-state index in [4.69, 9.17) is 16.3 Å². The molecule has 0 amide bonds. The minimum absolute atomic E-state index is 0.110. The van der Waals surface area contributed by atoms with Crippen LogP contribution in [0.3, 0.4) is 0 Å². The quantitative estimate of drug-likeness (QED) is 0.268. The highest BCUT2D eigenvalue weighted by Crippen LogP contribution is 2.26. The van der Waals surface area contributed by atoms with Crippen molar-refractivity contribution in [1.82, 2.24) is 4.98 Å². The number of esters is 2. The van der Waals surface area contributed by atoms with Crippen LogP contribution in [-0.4, -0.2) is 35.6 Å². The summed E-state index contributed by atoms with van der Waals surface area (Å²) in [5.74, 6) is -1.48. The Hall–Kier alpha value is -2.48. The van der Waals surface area contributed by atoms with E-state index in [-0.39, 0.29) is 28.6 Å². The second kappa shape index (κ2) is 7.51. The number of aromatic nitrogens is 1. The van der Waals surface area contributed by atoms with Crippen molar-refractivity contribution in [2.24, 2.45) is 0 Å². The Morgan fingerprint density at radius 1 is 1.50 bits per heavy atom. The van der Waals surface area contributed by atoms with Crippen LogP contribution >= 0.6 is 11.6 Å². The van der Waals surface area contributed by atoms with E-state index in [0.29, 0.717) is 0 Å². The molecular weight excluding hydrogens is 316 g/mol. The summed E-state index contributed by atoms with van der Waals surface area (Å²) in [7, 11) is 1.11. The van der Waals surface area contributed by atoms with Crippen LogP contribution in [0.25, 0.3) is 6.08 Å². The van der Waals surface area contributed by atoms with Gasteiger partial charge < -0.3 is 9.47 Å². The molecule has 0 radical (unpaired) electrons. The van der Waals surface area contributed by atoms with Crippen molar-refractivity contribution in [3.63, 3.8) is 0 Å². The first-order valence-corrected chi connectivity index (χ1v) is 6.48. The number of carbonyl (C=O) groups excluding carboxylic acids is 2. The standard InChI is InChI=1S/C13H13ClN2O6/c1-4-22-12(17)7(2)5-9-10(16(19)20)6-8(11(14)15-9)13(18)21-3/h5-6H,4H2,1-3H3. The predicted octanol–water partition coefficient (Wildman–Crippen LogP) is 2.40. The highest BCUT2D eigenvalue weighted by atomic mass is 35.5. The van der Waals surface area contributed by atoms with Gasteiger partial charge in [0, 0.05) is 11.6 Å².